The van der Waals surface area contributed by atoms with Crippen molar-refractivity contribution in [3.05, 3.63) is 0 Å². The molecule has 1 amide bonds. The first-order chi connectivity index (χ1) is 7.76. The van der Waals surface area contributed by atoms with E-state index in [0.717, 1.165) is 4.90 Å². The van der Waals surface area contributed by atoms with E-state index in [2.05, 4.69) is 4.74 Å². The molecule has 1 aliphatic rings. The van der Waals surface area contributed by atoms with E-state index in [-0.39, 0.29) is 13.0 Å². The molecule has 2 atom stereocenters. The lowest BCUT2D eigenvalue weighted by Crippen LogP contribution is -2.46. The van der Waals surface area contributed by atoms with Crippen LogP contribution in [0.25, 0.3) is 0 Å². The first-order valence-electron chi connectivity index (χ1n) is 5.48. The van der Waals surface area contributed by atoms with Crippen molar-refractivity contribution in [3.63, 3.8) is 0 Å². The van der Waals surface area contributed by atoms with Crippen LogP contribution in [0.4, 0.5) is 9.18 Å². The number of carbonyl (C=O) groups is 2. The molecule has 0 spiro atoms. The fourth-order valence-corrected chi connectivity index (χ4v) is 1.68. The summed E-state index contributed by atoms with van der Waals surface area (Å²) in [6.07, 6.45) is -1.96. The number of methoxy groups -OCH3 is 1. The van der Waals surface area contributed by atoms with Crippen molar-refractivity contribution in [2.24, 2.45) is 0 Å². The highest BCUT2D eigenvalue weighted by molar-refractivity contribution is 5.82. The van der Waals surface area contributed by atoms with Crippen molar-refractivity contribution in [1.82, 2.24) is 4.90 Å². The molecule has 17 heavy (non-hydrogen) atoms. The average molecular weight is 247 g/mol. The number of amides is 1. The summed E-state index contributed by atoms with van der Waals surface area (Å²) >= 11 is 0. The van der Waals surface area contributed by atoms with Crippen molar-refractivity contribution in [2.45, 2.75) is 45.0 Å². The minimum absolute atomic E-state index is 0.124. The van der Waals surface area contributed by atoms with Gasteiger partial charge < -0.3 is 9.47 Å². The van der Waals surface area contributed by atoms with E-state index in [1.54, 1.807) is 20.8 Å². The van der Waals surface area contributed by atoms with Crippen molar-refractivity contribution in [2.75, 3.05) is 13.7 Å². The van der Waals surface area contributed by atoms with Crippen LogP contribution >= 0.6 is 0 Å². The standard InChI is InChI=1S/C11H18FNO4/c1-11(2,3)17-10(15)13-6-5-7(12)8(13)9(14)16-4/h7-8H,5-6H2,1-4H3/t7-,8+/m0/s1. The maximum absolute atomic E-state index is 13.5. The Morgan fingerprint density at radius 1 is 1.35 bits per heavy atom. The zero-order chi connectivity index (χ0) is 13.2. The Kier molecular flexibility index (Phi) is 3.95. The molecule has 0 N–H and O–H groups in total. The second-order valence-corrected chi connectivity index (χ2v) is 4.95. The summed E-state index contributed by atoms with van der Waals surface area (Å²) in [5.74, 6) is -0.749. The first-order valence-corrected chi connectivity index (χ1v) is 5.48. The number of hydrogen-bond acceptors (Lipinski definition) is 4. The second kappa shape index (κ2) is 4.89. The fraction of sp³-hybridized carbons (Fsp3) is 0.818. The number of ether oxygens (including phenoxy) is 2. The van der Waals surface area contributed by atoms with Crippen LogP contribution in [0.2, 0.25) is 0 Å². The number of rotatable bonds is 1. The summed E-state index contributed by atoms with van der Waals surface area (Å²) in [6, 6.07) is -1.19. The topological polar surface area (TPSA) is 55.8 Å². The van der Waals surface area contributed by atoms with Crippen LogP contribution in [0.3, 0.4) is 0 Å². The Morgan fingerprint density at radius 2 is 1.94 bits per heavy atom. The molecule has 0 bridgehead atoms. The van der Waals surface area contributed by atoms with E-state index in [1.807, 2.05) is 0 Å². The lowest BCUT2D eigenvalue weighted by atomic mass is 10.2. The zero-order valence-electron chi connectivity index (χ0n) is 10.5. The van der Waals surface area contributed by atoms with Crippen molar-refractivity contribution in [3.8, 4) is 0 Å². The van der Waals surface area contributed by atoms with Gasteiger partial charge in [0, 0.05) is 6.54 Å². The van der Waals surface area contributed by atoms with Gasteiger partial charge in [0.25, 0.3) is 0 Å². The molecule has 0 radical (unpaired) electrons. The number of halogens is 1. The number of likely N-dealkylation sites (tertiary alicyclic amines) is 1. The van der Waals surface area contributed by atoms with Gasteiger partial charge in [0.2, 0.25) is 0 Å². The summed E-state index contributed by atoms with van der Waals surface area (Å²) in [4.78, 5) is 24.2. The fourth-order valence-electron chi connectivity index (χ4n) is 1.68. The molecule has 0 unspecified atom stereocenters. The molecule has 98 valence electrons. The maximum atomic E-state index is 13.5. The number of alkyl halides is 1. The minimum Gasteiger partial charge on any atom is -0.467 e. The third-order valence-corrected chi connectivity index (χ3v) is 2.39. The lowest BCUT2D eigenvalue weighted by molar-refractivity contribution is -0.147. The number of esters is 1. The van der Waals surface area contributed by atoms with Gasteiger partial charge in [-0.15, -0.1) is 0 Å². The average Bonchev–Trinajstić information content (AvgIpc) is 2.56. The molecule has 0 aromatic rings. The summed E-state index contributed by atoms with van der Waals surface area (Å²) in [5.41, 5.74) is -0.674. The largest absolute Gasteiger partial charge is 0.467 e. The third-order valence-electron chi connectivity index (χ3n) is 2.39. The van der Waals surface area contributed by atoms with E-state index < -0.39 is 29.9 Å². The van der Waals surface area contributed by atoms with Crippen molar-refractivity contribution < 1.29 is 23.5 Å². The molecule has 1 fully saturated rings. The van der Waals surface area contributed by atoms with Crippen LogP contribution in [0.5, 0.6) is 0 Å². The Labute approximate surface area is 99.9 Å². The zero-order valence-corrected chi connectivity index (χ0v) is 10.5. The monoisotopic (exact) mass is 247 g/mol. The molecule has 1 saturated heterocycles. The number of hydrogen-bond donors (Lipinski definition) is 0. The van der Waals surface area contributed by atoms with Gasteiger partial charge in [0.1, 0.15) is 11.8 Å². The van der Waals surface area contributed by atoms with E-state index in [0.29, 0.717) is 0 Å². The molecule has 1 rings (SSSR count). The van der Waals surface area contributed by atoms with Crippen molar-refractivity contribution in [1.29, 1.82) is 0 Å². The van der Waals surface area contributed by atoms with Crippen LogP contribution in [0.15, 0.2) is 0 Å². The van der Waals surface area contributed by atoms with Crippen LogP contribution in [-0.2, 0) is 14.3 Å². The van der Waals surface area contributed by atoms with Gasteiger partial charge in [0.15, 0.2) is 6.04 Å². The molecule has 0 saturated carbocycles. The first kappa shape index (κ1) is 13.7. The molecule has 1 aliphatic heterocycles. The molecule has 0 aromatic heterocycles. The van der Waals surface area contributed by atoms with Crippen LogP contribution in [0, 0.1) is 0 Å². The lowest BCUT2D eigenvalue weighted by Gasteiger charge is -2.27. The van der Waals surface area contributed by atoms with Crippen LogP contribution in [0.1, 0.15) is 27.2 Å². The van der Waals surface area contributed by atoms with Crippen LogP contribution in [-0.4, -0.2) is 48.4 Å². The Morgan fingerprint density at radius 3 is 2.41 bits per heavy atom. The minimum atomic E-state index is -1.39. The van der Waals surface area contributed by atoms with E-state index >= 15 is 0 Å². The van der Waals surface area contributed by atoms with Crippen molar-refractivity contribution >= 4 is 12.1 Å². The maximum Gasteiger partial charge on any atom is 0.411 e. The summed E-state index contributed by atoms with van der Waals surface area (Å²) < 4.78 is 23.1. The summed E-state index contributed by atoms with van der Waals surface area (Å²) in [5, 5.41) is 0. The predicted octanol–water partition coefficient (Wildman–Crippen LogP) is 1.51. The number of carbonyl (C=O) groups excluding carboxylic acids is 2. The summed E-state index contributed by atoms with van der Waals surface area (Å²) in [7, 11) is 1.17. The molecule has 0 aliphatic carbocycles. The smallest absolute Gasteiger partial charge is 0.411 e. The second-order valence-electron chi connectivity index (χ2n) is 4.95. The highest BCUT2D eigenvalue weighted by Gasteiger charge is 2.44. The molecular formula is C11H18FNO4. The molecule has 0 aromatic carbocycles. The van der Waals surface area contributed by atoms with Gasteiger partial charge in [-0.2, -0.15) is 0 Å². The number of nitrogens with zero attached hydrogens (tertiary/aromatic N) is 1. The predicted molar refractivity (Wildman–Crippen MR) is 58.3 cm³/mol. The van der Waals surface area contributed by atoms with Crippen LogP contribution < -0.4 is 0 Å². The third kappa shape index (κ3) is 3.31. The SMILES string of the molecule is COC(=O)[C@H]1[C@@H](F)CCN1C(=O)OC(C)(C)C. The van der Waals surface area contributed by atoms with E-state index in [9.17, 15) is 14.0 Å². The van der Waals surface area contributed by atoms with E-state index in [1.165, 1.54) is 7.11 Å². The van der Waals surface area contributed by atoms with E-state index in [4.69, 9.17) is 4.74 Å². The van der Waals surface area contributed by atoms with Gasteiger partial charge in [-0.3, -0.25) is 4.90 Å². The van der Waals surface area contributed by atoms with Gasteiger partial charge in [-0.25, -0.2) is 14.0 Å². The molecule has 6 heteroatoms. The highest BCUT2D eigenvalue weighted by atomic mass is 19.1. The molecule has 1 heterocycles. The Balaban J connectivity index is 2.76. The summed E-state index contributed by atoms with van der Waals surface area (Å²) in [6.45, 7) is 5.29. The highest BCUT2D eigenvalue weighted by Crippen LogP contribution is 2.24. The molecular weight excluding hydrogens is 229 g/mol. The van der Waals surface area contributed by atoms with Gasteiger partial charge in [-0.05, 0) is 27.2 Å². The van der Waals surface area contributed by atoms with Gasteiger partial charge in [0.05, 0.1) is 7.11 Å². The van der Waals surface area contributed by atoms with Gasteiger partial charge in [-0.1, -0.05) is 0 Å². The Hall–Kier alpha value is -1.33. The van der Waals surface area contributed by atoms with Gasteiger partial charge >= 0.3 is 12.1 Å². The molecule has 5 nitrogen and oxygen atoms in total. The normalized spacial score (nSPS) is 24.6. The quantitative estimate of drug-likeness (QED) is 0.659. The Bertz CT molecular complexity index is 313.